The SMILES string of the molecule is COc1c(Cl)cc(Cl)cc1CNC(=O)CO. The van der Waals surface area contributed by atoms with Crippen molar-refractivity contribution in [2.24, 2.45) is 0 Å². The van der Waals surface area contributed by atoms with Crippen molar-refractivity contribution < 1.29 is 14.6 Å². The third kappa shape index (κ3) is 3.27. The van der Waals surface area contributed by atoms with Crippen LogP contribution in [0.5, 0.6) is 5.75 Å². The average Bonchev–Trinajstić information content (AvgIpc) is 2.25. The minimum atomic E-state index is -0.559. The Morgan fingerprint density at radius 3 is 2.75 bits per heavy atom. The van der Waals surface area contributed by atoms with Crippen LogP contribution in [0.2, 0.25) is 10.0 Å². The standard InChI is InChI=1S/C10H11Cl2NO3/c1-16-10-6(4-13-9(15)5-14)2-7(11)3-8(10)12/h2-3,14H,4-5H2,1H3,(H,13,15). The lowest BCUT2D eigenvalue weighted by molar-refractivity contribution is -0.123. The van der Waals surface area contributed by atoms with Gasteiger partial charge in [0.25, 0.3) is 0 Å². The maximum absolute atomic E-state index is 10.9. The van der Waals surface area contributed by atoms with Gasteiger partial charge in [0.1, 0.15) is 12.4 Å². The maximum Gasteiger partial charge on any atom is 0.245 e. The molecule has 2 N–H and O–H groups in total. The number of methoxy groups -OCH3 is 1. The Balaban J connectivity index is 2.89. The second kappa shape index (κ2) is 5.94. The average molecular weight is 264 g/mol. The van der Waals surface area contributed by atoms with Crippen molar-refractivity contribution in [3.8, 4) is 5.75 Å². The molecule has 16 heavy (non-hydrogen) atoms. The molecular formula is C10H11Cl2NO3. The van der Waals surface area contributed by atoms with Crippen molar-refractivity contribution in [1.29, 1.82) is 0 Å². The number of nitrogens with one attached hydrogen (secondary N) is 1. The Bertz CT molecular complexity index is 396. The van der Waals surface area contributed by atoms with Gasteiger partial charge in [-0.05, 0) is 12.1 Å². The summed E-state index contributed by atoms with van der Waals surface area (Å²) in [5, 5.41) is 11.9. The summed E-state index contributed by atoms with van der Waals surface area (Å²) in [5.74, 6) is -0.0116. The van der Waals surface area contributed by atoms with Gasteiger partial charge in [0.15, 0.2) is 0 Å². The first-order chi connectivity index (χ1) is 7.58. The maximum atomic E-state index is 10.9. The van der Waals surface area contributed by atoms with Gasteiger partial charge in [-0.2, -0.15) is 0 Å². The van der Waals surface area contributed by atoms with Crippen molar-refractivity contribution >= 4 is 29.1 Å². The quantitative estimate of drug-likeness (QED) is 0.868. The third-order valence-corrected chi connectivity index (χ3v) is 2.41. The van der Waals surface area contributed by atoms with Gasteiger partial charge in [0.2, 0.25) is 5.91 Å². The van der Waals surface area contributed by atoms with Gasteiger partial charge in [0, 0.05) is 17.1 Å². The van der Waals surface area contributed by atoms with Crippen LogP contribution in [0.1, 0.15) is 5.56 Å². The number of halogens is 2. The lowest BCUT2D eigenvalue weighted by Gasteiger charge is -2.11. The molecule has 0 aliphatic carbocycles. The molecule has 0 aliphatic rings. The van der Waals surface area contributed by atoms with Gasteiger partial charge in [-0.25, -0.2) is 0 Å². The summed E-state index contributed by atoms with van der Waals surface area (Å²) in [5.41, 5.74) is 0.654. The lowest BCUT2D eigenvalue weighted by Crippen LogP contribution is -2.25. The molecule has 0 fully saturated rings. The number of aliphatic hydroxyl groups excluding tert-OH is 1. The van der Waals surface area contributed by atoms with Crippen molar-refractivity contribution in [1.82, 2.24) is 5.32 Å². The van der Waals surface area contributed by atoms with Crippen molar-refractivity contribution in [3.63, 3.8) is 0 Å². The van der Waals surface area contributed by atoms with E-state index in [-0.39, 0.29) is 6.54 Å². The minimum Gasteiger partial charge on any atom is -0.495 e. The van der Waals surface area contributed by atoms with Gasteiger partial charge in [-0.3, -0.25) is 4.79 Å². The normalized spacial score (nSPS) is 10.0. The summed E-state index contributed by atoms with van der Waals surface area (Å²) in [7, 11) is 1.48. The van der Waals surface area contributed by atoms with E-state index < -0.39 is 12.5 Å². The van der Waals surface area contributed by atoms with Crippen LogP contribution in [0.4, 0.5) is 0 Å². The van der Waals surface area contributed by atoms with Crippen LogP contribution < -0.4 is 10.1 Å². The number of hydrogen-bond donors (Lipinski definition) is 2. The molecule has 0 heterocycles. The number of carbonyl (C=O) groups excluding carboxylic acids is 1. The van der Waals surface area contributed by atoms with Gasteiger partial charge in [0.05, 0.1) is 12.1 Å². The molecule has 0 saturated carbocycles. The van der Waals surface area contributed by atoms with Crippen LogP contribution >= 0.6 is 23.2 Å². The number of benzene rings is 1. The van der Waals surface area contributed by atoms with Gasteiger partial charge < -0.3 is 15.2 Å². The number of carbonyl (C=O) groups is 1. The highest BCUT2D eigenvalue weighted by atomic mass is 35.5. The van der Waals surface area contributed by atoms with Gasteiger partial charge in [-0.15, -0.1) is 0 Å². The molecule has 0 bridgehead atoms. The molecule has 1 amide bonds. The van der Waals surface area contributed by atoms with Crippen LogP contribution in [0.15, 0.2) is 12.1 Å². The monoisotopic (exact) mass is 263 g/mol. The van der Waals surface area contributed by atoms with Gasteiger partial charge in [-0.1, -0.05) is 23.2 Å². The van der Waals surface area contributed by atoms with Crippen LogP contribution in [-0.2, 0) is 11.3 Å². The van der Waals surface area contributed by atoms with Crippen LogP contribution in [0.25, 0.3) is 0 Å². The molecule has 88 valence electrons. The smallest absolute Gasteiger partial charge is 0.245 e. The predicted molar refractivity (Wildman–Crippen MR) is 61.9 cm³/mol. The van der Waals surface area contributed by atoms with E-state index in [0.29, 0.717) is 21.4 Å². The molecule has 0 unspecified atom stereocenters. The van der Waals surface area contributed by atoms with Crippen LogP contribution in [0.3, 0.4) is 0 Å². The third-order valence-electron chi connectivity index (χ3n) is 1.91. The largest absolute Gasteiger partial charge is 0.495 e. The highest BCUT2D eigenvalue weighted by Crippen LogP contribution is 2.31. The highest BCUT2D eigenvalue weighted by molar-refractivity contribution is 6.35. The fourth-order valence-corrected chi connectivity index (χ4v) is 1.84. The lowest BCUT2D eigenvalue weighted by atomic mass is 10.2. The summed E-state index contributed by atoms with van der Waals surface area (Å²) in [6, 6.07) is 3.20. The molecule has 0 radical (unpaired) electrons. The van der Waals surface area contributed by atoms with E-state index in [1.807, 2.05) is 0 Å². The van der Waals surface area contributed by atoms with Crippen LogP contribution in [-0.4, -0.2) is 24.7 Å². The zero-order valence-corrected chi connectivity index (χ0v) is 10.1. The first kappa shape index (κ1) is 13.1. The van der Waals surface area contributed by atoms with E-state index in [4.69, 9.17) is 33.0 Å². The molecule has 1 aromatic carbocycles. The molecule has 1 aromatic rings. The molecule has 0 aliphatic heterocycles. The van der Waals surface area contributed by atoms with E-state index in [0.717, 1.165) is 0 Å². The second-order valence-corrected chi connectivity index (χ2v) is 3.86. The summed E-state index contributed by atoms with van der Waals surface area (Å²) in [4.78, 5) is 10.9. The number of hydrogen-bond acceptors (Lipinski definition) is 3. The van der Waals surface area contributed by atoms with Crippen molar-refractivity contribution in [2.45, 2.75) is 6.54 Å². The number of aliphatic hydroxyl groups is 1. The highest BCUT2D eigenvalue weighted by Gasteiger charge is 2.10. The summed E-state index contributed by atoms with van der Waals surface area (Å²) < 4.78 is 5.09. The van der Waals surface area contributed by atoms with E-state index in [9.17, 15) is 4.79 Å². The summed E-state index contributed by atoms with van der Waals surface area (Å²) >= 11 is 11.7. The predicted octanol–water partition coefficient (Wildman–Crippen LogP) is 1.61. The molecule has 1 rings (SSSR count). The summed E-state index contributed by atoms with van der Waals surface area (Å²) in [6.07, 6.45) is 0. The topological polar surface area (TPSA) is 58.6 Å². The van der Waals surface area contributed by atoms with Gasteiger partial charge >= 0.3 is 0 Å². The van der Waals surface area contributed by atoms with E-state index in [1.165, 1.54) is 7.11 Å². The number of ether oxygens (including phenoxy) is 1. The first-order valence-electron chi connectivity index (χ1n) is 4.48. The molecular weight excluding hydrogens is 253 g/mol. The second-order valence-electron chi connectivity index (χ2n) is 3.01. The first-order valence-corrected chi connectivity index (χ1v) is 5.23. The minimum absolute atomic E-state index is 0.197. The zero-order chi connectivity index (χ0) is 12.1. The molecule has 0 saturated heterocycles. The molecule has 4 nitrogen and oxygen atoms in total. The summed E-state index contributed by atoms with van der Waals surface area (Å²) in [6.45, 7) is -0.362. The fraction of sp³-hybridized carbons (Fsp3) is 0.300. The number of rotatable bonds is 4. The Hall–Kier alpha value is -0.970. The Kier molecular flexibility index (Phi) is 4.86. The van der Waals surface area contributed by atoms with Crippen molar-refractivity contribution in [2.75, 3.05) is 13.7 Å². The van der Waals surface area contributed by atoms with Crippen LogP contribution in [0, 0.1) is 0 Å². The molecule has 0 spiro atoms. The Morgan fingerprint density at radius 1 is 1.50 bits per heavy atom. The molecule has 0 aromatic heterocycles. The zero-order valence-electron chi connectivity index (χ0n) is 8.59. The fourth-order valence-electron chi connectivity index (χ4n) is 1.22. The Labute approximate surface area is 103 Å². The molecule has 0 atom stereocenters. The molecule has 6 heteroatoms. The van der Waals surface area contributed by atoms with E-state index >= 15 is 0 Å². The van der Waals surface area contributed by atoms with E-state index in [2.05, 4.69) is 5.32 Å². The Morgan fingerprint density at radius 2 is 2.19 bits per heavy atom. The number of amides is 1. The van der Waals surface area contributed by atoms with E-state index in [1.54, 1.807) is 12.1 Å². The van der Waals surface area contributed by atoms with Crippen molar-refractivity contribution in [3.05, 3.63) is 27.7 Å².